The Labute approximate surface area is 171 Å². The predicted molar refractivity (Wildman–Crippen MR) is 117 cm³/mol. The molecule has 1 aromatic heterocycles. The highest BCUT2D eigenvalue weighted by Crippen LogP contribution is 2.28. The number of aromatic carboxylic acids is 1. The van der Waals surface area contributed by atoms with Gasteiger partial charge in [-0.25, -0.2) is 4.79 Å². The van der Waals surface area contributed by atoms with Crippen molar-refractivity contribution >= 4 is 16.9 Å². The summed E-state index contributed by atoms with van der Waals surface area (Å²) >= 11 is 0. The first-order chi connectivity index (χ1) is 14.1. The van der Waals surface area contributed by atoms with E-state index in [2.05, 4.69) is 46.0 Å². The van der Waals surface area contributed by atoms with Crippen LogP contribution in [0, 0.1) is 6.92 Å². The molecule has 5 nitrogen and oxygen atoms in total. The zero-order chi connectivity index (χ0) is 20.2. The summed E-state index contributed by atoms with van der Waals surface area (Å²) in [5, 5.41) is 13.8. The quantitative estimate of drug-likeness (QED) is 0.647. The number of aryl methyl sites for hydroxylation is 1. The van der Waals surface area contributed by atoms with Crippen molar-refractivity contribution in [2.75, 3.05) is 32.7 Å². The molecule has 0 radical (unpaired) electrons. The van der Waals surface area contributed by atoms with E-state index < -0.39 is 5.97 Å². The van der Waals surface area contributed by atoms with Gasteiger partial charge in [-0.15, -0.1) is 0 Å². The number of piperazine rings is 1. The number of aromatic nitrogens is 1. The van der Waals surface area contributed by atoms with Gasteiger partial charge in [0, 0.05) is 49.3 Å². The highest BCUT2D eigenvalue weighted by atomic mass is 16.4. The number of carboxylic acid groups (broad SMARTS) is 1. The van der Waals surface area contributed by atoms with Crippen LogP contribution in [0.25, 0.3) is 10.9 Å². The normalized spacial score (nSPS) is 15.1. The maximum atomic E-state index is 11.1. The summed E-state index contributed by atoms with van der Waals surface area (Å²) in [4.78, 5) is 13.7. The Morgan fingerprint density at radius 3 is 2.48 bits per heavy atom. The Balaban J connectivity index is 1.54. The van der Waals surface area contributed by atoms with Crippen LogP contribution in [0.1, 0.15) is 33.6 Å². The Morgan fingerprint density at radius 1 is 1.03 bits per heavy atom. The molecule has 152 valence electrons. The van der Waals surface area contributed by atoms with Crippen LogP contribution in [0.2, 0.25) is 0 Å². The second-order valence-corrected chi connectivity index (χ2v) is 7.86. The van der Waals surface area contributed by atoms with E-state index in [1.807, 2.05) is 12.1 Å². The topological polar surface area (TPSA) is 57.5 Å². The Morgan fingerprint density at radius 2 is 1.76 bits per heavy atom. The minimum atomic E-state index is -0.881. The molecule has 1 aliphatic heterocycles. The first-order valence-corrected chi connectivity index (χ1v) is 10.5. The number of carbonyl (C=O) groups is 1. The first kappa shape index (κ1) is 19.7. The SMILES string of the molecule is Cc1c(Cc2ccc(C(=O)O)cc2)c2ccccc2n1CCCN1CCNCC1. The minimum Gasteiger partial charge on any atom is -0.478 e. The van der Waals surface area contributed by atoms with Gasteiger partial charge in [-0.3, -0.25) is 0 Å². The van der Waals surface area contributed by atoms with Crippen molar-refractivity contribution in [3.8, 4) is 0 Å². The van der Waals surface area contributed by atoms with Gasteiger partial charge in [-0.2, -0.15) is 0 Å². The van der Waals surface area contributed by atoms with Crippen molar-refractivity contribution in [2.24, 2.45) is 0 Å². The van der Waals surface area contributed by atoms with Crippen molar-refractivity contribution in [3.63, 3.8) is 0 Å². The van der Waals surface area contributed by atoms with Crippen LogP contribution in [-0.4, -0.2) is 53.3 Å². The van der Waals surface area contributed by atoms with E-state index in [9.17, 15) is 4.79 Å². The second kappa shape index (κ2) is 8.80. The summed E-state index contributed by atoms with van der Waals surface area (Å²) in [5.41, 5.74) is 5.42. The molecule has 4 rings (SSSR count). The number of rotatable bonds is 7. The fraction of sp³-hybridized carbons (Fsp3) is 0.375. The average molecular weight is 392 g/mol. The van der Waals surface area contributed by atoms with Crippen LogP contribution in [-0.2, 0) is 13.0 Å². The number of carboxylic acids is 1. The number of benzene rings is 2. The van der Waals surface area contributed by atoms with Gasteiger partial charge in [0.25, 0.3) is 0 Å². The van der Waals surface area contributed by atoms with Crippen molar-refractivity contribution in [2.45, 2.75) is 26.3 Å². The predicted octanol–water partition coefficient (Wildman–Crippen LogP) is 3.53. The third-order valence-electron chi connectivity index (χ3n) is 6.01. The molecule has 2 aromatic carbocycles. The number of fused-ring (bicyclic) bond motifs is 1. The molecular weight excluding hydrogens is 362 g/mol. The molecule has 0 aliphatic carbocycles. The van der Waals surface area contributed by atoms with E-state index in [1.54, 1.807) is 12.1 Å². The molecule has 0 spiro atoms. The van der Waals surface area contributed by atoms with Gasteiger partial charge >= 0.3 is 5.97 Å². The van der Waals surface area contributed by atoms with E-state index in [0.717, 1.165) is 57.7 Å². The lowest BCUT2D eigenvalue weighted by molar-refractivity contribution is 0.0697. The fourth-order valence-corrected chi connectivity index (χ4v) is 4.37. The molecule has 1 aliphatic rings. The summed E-state index contributed by atoms with van der Waals surface area (Å²) < 4.78 is 2.46. The van der Waals surface area contributed by atoms with Crippen molar-refractivity contribution < 1.29 is 9.90 Å². The molecule has 2 N–H and O–H groups in total. The monoisotopic (exact) mass is 391 g/mol. The summed E-state index contributed by atoms with van der Waals surface area (Å²) in [5.74, 6) is -0.881. The number of hydrogen-bond acceptors (Lipinski definition) is 3. The Kier molecular flexibility index (Phi) is 5.97. The van der Waals surface area contributed by atoms with E-state index in [-0.39, 0.29) is 0 Å². The van der Waals surface area contributed by atoms with E-state index >= 15 is 0 Å². The molecule has 3 aromatic rings. The van der Waals surface area contributed by atoms with E-state index in [1.165, 1.54) is 22.2 Å². The lowest BCUT2D eigenvalue weighted by Gasteiger charge is -2.27. The third-order valence-corrected chi connectivity index (χ3v) is 6.01. The van der Waals surface area contributed by atoms with Crippen LogP contribution in [0.5, 0.6) is 0 Å². The van der Waals surface area contributed by atoms with Crippen molar-refractivity contribution in [3.05, 3.63) is 70.9 Å². The maximum absolute atomic E-state index is 11.1. The van der Waals surface area contributed by atoms with Crippen LogP contribution in [0.3, 0.4) is 0 Å². The summed E-state index contributed by atoms with van der Waals surface area (Å²) in [6.07, 6.45) is 1.96. The van der Waals surface area contributed by atoms with Crippen LogP contribution < -0.4 is 5.32 Å². The fourth-order valence-electron chi connectivity index (χ4n) is 4.37. The lowest BCUT2D eigenvalue weighted by Crippen LogP contribution is -2.43. The summed E-state index contributed by atoms with van der Waals surface area (Å²) in [6, 6.07) is 15.9. The maximum Gasteiger partial charge on any atom is 0.335 e. The van der Waals surface area contributed by atoms with Crippen LogP contribution >= 0.6 is 0 Å². The average Bonchev–Trinajstić information content (AvgIpc) is 3.01. The summed E-state index contributed by atoms with van der Waals surface area (Å²) in [7, 11) is 0. The second-order valence-electron chi connectivity index (χ2n) is 7.86. The zero-order valence-corrected chi connectivity index (χ0v) is 17.0. The molecule has 2 heterocycles. The molecule has 0 bridgehead atoms. The number of nitrogens with zero attached hydrogens (tertiary/aromatic N) is 2. The molecule has 29 heavy (non-hydrogen) atoms. The highest BCUT2D eigenvalue weighted by Gasteiger charge is 2.15. The molecule has 0 unspecified atom stereocenters. The molecular formula is C24H29N3O2. The third kappa shape index (κ3) is 4.36. The van der Waals surface area contributed by atoms with Gasteiger partial charge in [0.1, 0.15) is 0 Å². The van der Waals surface area contributed by atoms with Crippen molar-refractivity contribution in [1.29, 1.82) is 0 Å². The first-order valence-electron chi connectivity index (χ1n) is 10.5. The summed E-state index contributed by atoms with van der Waals surface area (Å²) in [6.45, 7) is 8.85. The molecule has 1 saturated heterocycles. The lowest BCUT2D eigenvalue weighted by atomic mass is 10.0. The molecule has 0 amide bonds. The smallest absolute Gasteiger partial charge is 0.335 e. The standard InChI is InChI=1S/C24H29N3O2/c1-18-22(17-19-7-9-20(10-8-19)24(28)29)21-5-2-3-6-23(21)27(18)14-4-13-26-15-11-25-12-16-26/h2-3,5-10,25H,4,11-17H2,1H3,(H,28,29). The van der Waals surface area contributed by atoms with Crippen LogP contribution in [0.4, 0.5) is 0 Å². The molecule has 0 saturated carbocycles. The zero-order valence-electron chi connectivity index (χ0n) is 17.0. The van der Waals surface area contributed by atoms with Gasteiger partial charge < -0.3 is 19.9 Å². The Bertz CT molecular complexity index is 985. The molecule has 5 heteroatoms. The minimum absolute atomic E-state index is 0.334. The van der Waals surface area contributed by atoms with E-state index in [4.69, 9.17) is 5.11 Å². The number of para-hydroxylation sites is 1. The Hall–Kier alpha value is -2.63. The van der Waals surface area contributed by atoms with Gasteiger partial charge in [0.2, 0.25) is 0 Å². The van der Waals surface area contributed by atoms with Gasteiger partial charge in [0.05, 0.1) is 5.56 Å². The number of nitrogens with one attached hydrogen (secondary N) is 1. The largest absolute Gasteiger partial charge is 0.478 e. The van der Waals surface area contributed by atoms with E-state index in [0.29, 0.717) is 5.56 Å². The van der Waals surface area contributed by atoms with Crippen LogP contribution in [0.15, 0.2) is 48.5 Å². The van der Waals surface area contributed by atoms with Crippen molar-refractivity contribution in [1.82, 2.24) is 14.8 Å². The highest BCUT2D eigenvalue weighted by molar-refractivity contribution is 5.88. The molecule has 0 atom stereocenters. The van der Waals surface area contributed by atoms with Gasteiger partial charge in [-0.1, -0.05) is 30.3 Å². The van der Waals surface area contributed by atoms with Gasteiger partial charge in [-0.05, 0) is 55.6 Å². The van der Waals surface area contributed by atoms with Gasteiger partial charge in [0.15, 0.2) is 0 Å². The number of hydrogen-bond donors (Lipinski definition) is 2. The molecule has 1 fully saturated rings.